The van der Waals surface area contributed by atoms with Crippen LogP contribution in [0.25, 0.3) is 6.08 Å². The Bertz CT molecular complexity index is 873. The molecular weight excluding hydrogens is 346 g/mol. The number of halogens is 1. The van der Waals surface area contributed by atoms with Crippen LogP contribution in [0.5, 0.6) is 11.5 Å². The highest BCUT2D eigenvalue weighted by Crippen LogP contribution is 2.38. The van der Waals surface area contributed by atoms with E-state index in [4.69, 9.17) is 16.3 Å². The monoisotopic (exact) mass is 359 g/mol. The number of aromatic hydroxyl groups is 1. The predicted octanol–water partition coefficient (Wildman–Crippen LogP) is 4.42. The normalized spacial score (nSPS) is 15.7. The van der Waals surface area contributed by atoms with E-state index in [2.05, 4.69) is 4.99 Å². The Labute approximate surface area is 148 Å². The molecular formula is C18H14ClNO3S. The summed E-state index contributed by atoms with van der Waals surface area (Å²) >= 11 is 7.29. The van der Waals surface area contributed by atoms with Crippen LogP contribution >= 0.6 is 23.4 Å². The molecule has 1 N–H and O–H groups in total. The van der Waals surface area contributed by atoms with Gasteiger partial charge in [-0.15, -0.1) is 0 Å². The molecule has 0 aliphatic carbocycles. The van der Waals surface area contributed by atoms with E-state index < -0.39 is 0 Å². The molecule has 1 amide bonds. The number of carbonyl (C=O) groups excluding carboxylic acids is 1. The summed E-state index contributed by atoms with van der Waals surface area (Å²) < 4.78 is 5.08. The van der Waals surface area contributed by atoms with E-state index in [1.807, 2.05) is 31.2 Å². The van der Waals surface area contributed by atoms with Gasteiger partial charge in [-0.2, -0.15) is 0 Å². The van der Waals surface area contributed by atoms with Crippen molar-refractivity contribution in [2.24, 2.45) is 4.99 Å². The minimum atomic E-state index is -0.339. The number of nitrogens with zero attached hydrogens (tertiary/aromatic N) is 1. The van der Waals surface area contributed by atoms with Gasteiger partial charge in [0.2, 0.25) is 0 Å². The Kier molecular flexibility index (Phi) is 4.64. The second-order valence-electron chi connectivity index (χ2n) is 5.24. The number of methoxy groups -OCH3 is 1. The summed E-state index contributed by atoms with van der Waals surface area (Å²) in [5.74, 6) is -0.148. The summed E-state index contributed by atoms with van der Waals surface area (Å²) in [4.78, 5) is 16.7. The Morgan fingerprint density at radius 2 is 1.96 bits per heavy atom. The number of phenols is 1. The maximum absolute atomic E-state index is 12.2. The third kappa shape index (κ3) is 3.32. The highest BCUT2D eigenvalue weighted by molar-refractivity contribution is 8.19. The number of amides is 1. The molecule has 0 fully saturated rings. The Hall–Kier alpha value is -2.24. The maximum atomic E-state index is 12.2. The van der Waals surface area contributed by atoms with Crippen molar-refractivity contribution >= 4 is 40.4 Å². The van der Waals surface area contributed by atoms with Gasteiger partial charge in [-0.05, 0) is 19.1 Å². The Morgan fingerprint density at radius 1 is 1.25 bits per heavy atom. The fraction of sp³-hybridized carbons (Fsp3) is 0.111. The third-order valence-corrected chi connectivity index (χ3v) is 4.75. The summed E-state index contributed by atoms with van der Waals surface area (Å²) in [6.45, 7) is 2.00. The molecule has 1 aliphatic rings. The summed E-state index contributed by atoms with van der Waals surface area (Å²) in [5, 5.41) is 11.2. The van der Waals surface area contributed by atoms with Crippen LogP contribution < -0.4 is 4.74 Å². The summed E-state index contributed by atoms with van der Waals surface area (Å²) in [6, 6.07) is 10.9. The fourth-order valence-corrected chi connectivity index (χ4v) is 3.36. The van der Waals surface area contributed by atoms with Gasteiger partial charge >= 0.3 is 0 Å². The third-order valence-electron chi connectivity index (χ3n) is 3.49. The highest BCUT2D eigenvalue weighted by Gasteiger charge is 2.23. The molecule has 0 saturated carbocycles. The predicted molar refractivity (Wildman–Crippen MR) is 98.0 cm³/mol. The van der Waals surface area contributed by atoms with Gasteiger partial charge in [-0.3, -0.25) is 4.79 Å². The average Bonchev–Trinajstić information content (AvgIpc) is 2.92. The van der Waals surface area contributed by atoms with Gasteiger partial charge in [0.25, 0.3) is 5.91 Å². The van der Waals surface area contributed by atoms with E-state index in [1.165, 1.54) is 24.9 Å². The molecule has 0 spiro atoms. The van der Waals surface area contributed by atoms with Gasteiger partial charge in [0.05, 0.1) is 12.0 Å². The Morgan fingerprint density at radius 3 is 2.62 bits per heavy atom. The largest absolute Gasteiger partial charge is 0.504 e. The first kappa shape index (κ1) is 16.6. The molecule has 4 nitrogen and oxygen atoms in total. The van der Waals surface area contributed by atoms with Crippen LogP contribution in [0, 0.1) is 6.92 Å². The van der Waals surface area contributed by atoms with Crippen molar-refractivity contribution in [1.29, 1.82) is 0 Å². The van der Waals surface area contributed by atoms with Crippen molar-refractivity contribution in [3.05, 3.63) is 63.0 Å². The van der Waals surface area contributed by atoms with Crippen LogP contribution in [-0.4, -0.2) is 23.2 Å². The molecule has 2 aromatic rings. The number of phenolic OH excluding ortho intramolecular Hbond substituents is 1. The Balaban J connectivity index is 1.93. The molecule has 0 radical (unpaired) electrons. The van der Waals surface area contributed by atoms with Crippen molar-refractivity contribution < 1.29 is 14.6 Å². The van der Waals surface area contributed by atoms with E-state index in [0.717, 1.165) is 11.1 Å². The van der Waals surface area contributed by atoms with Crippen LogP contribution in [0.15, 0.2) is 46.3 Å². The molecule has 1 heterocycles. The number of hydrogen-bond acceptors (Lipinski definition) is 4. The van der Waals surface area contributed by atoms with Crippen LogP contribution in [0.2, 0.25) is 5.02 Å². The van der Waals surface area contributed by atoms with Crippen molar-refractivity contribution in [2.45, 2.75) is 6.92 Å². The lowest BCUT2D eigenvalue weighted by molar-refractivity contribution is -0.113. The number of aryl methyl sites for hydroxylation is 1. The second kappa shape index (κ2) is 6.71. The first-order chi connectivity index (χ1) is 11.5. The van der Waals surface area contributed by atoms with E-state index in [0.29, 0.717) is 20.5 Å². The van der Waals surface area contributed by atoms with Gasteiger partial charge in [0.15, 0.2) is 11.5 Å². The number of carbonyl (C=O) groups is 1. The lowest BCUT2D eigenvalue weighted by Gasteiger charge is -2.07. The van der Waals surface area contributed by atoms with Crippen LogP contribution in [0.3, 0.4) is 0 Å². The molecule has 24 heavy (non-hydrogen) atoms. The number of aliphatic imine (C=N–C) groups is 1. The zero-order valence-electron chi connectivity index (χ0n) is 13.0. The molecule has 0 aromatic heterocycles. The molecule has 0 unspecified atom stereocenters. The maximum Gasteiger partial charge on any atom is 0.284 e. The van der Waals surface area contributed by atoms with Crippen LogP contribution in [-0.2, 0) is 4.79 Å². The topological polar surface area (TPSA) is 58.9 Å². The number of thioether (sulfide) groups is 1. The number of hydrogen-bond donors (Lipinski definition) is 1. The number of benzene rings is 2. The van der Waals surface area contributed by atoms with E-state index in [1.54, 1.807) is 12.1 Å². The molecule has 1 aliphatic heterocycles. The minimum absolute atomic E-state index is 0.0633. The van der Waals surface area contributed by atoms with Crippen molar-refractivity contribution in [2.75, 3.05) is 7.11 Å². The van der Waals surface area contributed by atoms with Crippen molar-refractivity contribution in [3.63, 3.8) is 0 Å². The lowest BCUT2D eigenvalue weighted by Crippen LogP contribution is -1.90. The molecule has 3 rings (SSSR count). The number of rotatable bonds is 3. The second-order valence-corrected chi connectivity index (χ2v) is 6.71. The van der Waals surface area contributed by atoms with Crippen LogP contribution in [0.4, 0.5) is 0 Å². The smallest absolute Gasteiger partial charge is 0.284 e. The van der Waals surface area contributed by atoms with Gasteiger partial charge < -0.3 is 9.84 Å². The summed E-state index contributed by atoms with van der Waals surface area (Å²) in [7, 11) is 1.44. The van der Waals surface area contributed by atoms with E-state index >= 15 is 0 Å². The SMILES string of the molecule is COc1cc(Cl)cc(C=C2SC(c3ccc(C)cc3)=NC2=O)c1O. The molecule has 122 valence electrons. The average molecular weight is 360 g/mol. The zero-order valence-corrected chi connectivity index (χ0v) is 14.6. The summed E-state index contributed by atoms with van der Waals surface area (Å²) in [6.07, 6.45) is 1.57. The molecule has 0 atom stereocenters. The highest BCUT2D eigenvalue weighted by atomic mass is 35.5. The van der Waals surface area contributed by atoms with Crippen molar-refractivity contribution in [3.8, 4) is 11.5 Å². The van der Waals surface area contributed by atoms with Gasteiger partial charge in [0, 0.05) is 22.2 Å². The summed E-state index contributed by atoms with van der Waals surface area (Å²) in [5.41, 5.74) is 2.44. The first-order valence-electron chi connectivity index (χ1n) is 7.14. The molecule has 6 heteroatoms. The number of ether oxygens (including phenoxy) is 1. The quantitative estimate of drug-likeness (QED) is 0.824. The fourth-order valence-electron chi connectivity index (χ4n) is 2.23. The first-order valence-corrected chi connectivity index (χ1v) is 8.33. The minimum Gasteiger partial charge on any atom is -0.504 e. The van der Waals surface area contributed by atoms with Gasteiger partial charge in [-0.1, -0.05) is 53.2 Å². The van der Waals surface area contributed by atoms with E-state index in [-0.39, 0.29) is 17.4 Å². The molecule has 2 aromatic carbocycles. The van der Waals surface area contributed by atoms with Gasteiger partial charge in [-0.25, -0.2) is 4.99 Å². The van der Waals surface area contributed by atoms with Gasteiger partial charge in [0.1, 0.15) is 5.04 Å². The molecule has 0 bridgehead atoms. The lowest BCUT2D eigenvalue weighted by atomic mass is 10.1. The van der Waals surface area contributed by atoms with Crippen molar-refractivity contribution in [1.82, 2.24) is 0 Å². The van der Waals surface area contributed by atoms with Crippen LogP contribution in [0.1, 0.15) is 16.7 Å². The van der Waals surface area contributed by atoms with E-state index in [9.17, 15) is 9.90 Å². The zero-order chi connectivity index (χ0) is 17.3. The standard InChI is InChI=1S/C18H14ClNO3S/c1-10-3-5-11(6-4-10)18-20-17(22)15(24-18)8-12-7-13(19)9-14(23-2)16(12)21/h3-9,21H,1-2H3. The molecule has 0 saturated heterocycles.